The molecule has 0 bridgehead atoms. The number of carbonyl (C=O) groups excluding carboxylic acids is 3. The van der Waals surface area contributed by atoms with Crippen molar-refractivity contribution in [2.75, 3.05) is 13.1 Å². The van der Waals surface area contributed by atoms with Crippen LogP contribution in [0.5, 0.6) is 0 Å². The molecule has 2 saturated heterocycles. The molecule has 9 nitrogen and oxygen atoms in total. The first-order valence-electron chi connectivity index (χ1n) is 13.1. The van der Waals surface area contributed by atoms with E-state index in [-0.39, 0.29) is 41.9 Å². The van der Waals surface area contributed by atoms with Gasteiger partial charge in [-0.25, -0.2) is 8.42 Å². The predicted octanol–water partition coefficient (Wildman–Crippen LogP) is 2.66. The second-order valence-electron chi connectivity index (χ2n) is 11.1. The van der Waals surface area contributed by atoms with Crippen molar-refractivity contribution in [3.63, 3.8) is 0 Å². The smallest absolute Gasteiger partial charge is 0.251 e. The van der Waals surface area contributed by atoms with Gasteiger partial charge in [-0.3, -0.25) is 19.4 Å². The van der Waals surface area contributed by atoms with Crippen molar-refractivity contribution in [3.8, 4) is 0 Å². The van der Waals surface area contributed by atoms with Gasteiger partial charge in [0.1, 0.15) is 17.8 Å². The molecule has 0 saturated carbocycles. The van der Waals surface area contributed by atoms with Gasteiger partial charge in [-0.05, 0) is 48.1 Å². The zero-order chi connectivity index (χ0) is 27.7. The van der Waals surface area contributed by atoms with E-state index in [1.165, 1.54) is 15.4 Å². The lowest BCUT2D eigenvalue weighted by molar-refractivity contribution is -0.138. The minimum absolute atomic E-state index is 0.0468. The zero-order valence-electron chi connectivity index (χ0n) is 22.4. The Morgan fingerprint density at radius 1 is 1.13 bits per heavy atom. The van der Waals surface area contributed by atoms with E-state index in [0.29, 0.717) is 30.5 Å². The summed E-state index contributed by atoms with van der Waals surface area (Å²) in [7, 11) is -3.81. The number of hydrogen-bond acceptors (Lipinski definition) is 6. The minimum Gasteiger partial charge on any atom is -0.340 e. The minimum atomic E-state index is -3.81. The fourth-order valence-electron chi connectivity index (χ4n) is 5.24. The van der Waals surface area contributed by atoms with Gasteiger partial charge in [0.05, 0.1) is 18.3 Å². The van der Waals surface area contributed by atoms with Gasteiger partial charge in [0, 0.05) is 18.3 Å². The Bertz CT molecular complexity index is 1290. The highest BCUT2D eigenvalue weighted by atomic mass is 32.2. The molecule has 4 rings (SSSR count). The Kier molecular flexibility index (Phi) is 8.04. The number of hydrogen-bond donors (Lipinski definition) is 1. The van der Waals surface area contributed by atoms with E-state index < -0.39 is 28.1 Å². The fraction of sp³-hybridized carbons (Fsp3) is 0.500. The van der Waals surface area contributed by atoms with E-state index in [1.807, 2.05) is 19.1 Å². The molecule has 10 heteroatoms. The number of Topliss-reactive ketones (excluding diaryl/α,β-unsaturated/α-hetero) is 1. The van der Waals surface area contributed by atoms with Crippen LogP contribution in [0.15, 0.2) is 48.7 Å². The van der Waals surface area contributed by atoms with Crippen LogP contribution in [0.2, 0.25) is 0 Å². The molecule has 204 valence electrons. The number of sulfonamides is 1. The van der Waals surface area contributed by atoms with Crippen molar-refractivity contribution in [2.24, 2.45) is 0 Å². The molecular formula is C28H36N4O5S. The number of carbonyl (C=O) groups is 3. The van der Waals surface area contributed by atoms with Crippen LogP contribution in [0.1, 0.15) is 68.6 Å². The van der Waals surface area contributed by atoms with E-state index in [2.05, 4.69) is 31.1 Å². The standard InChI is InChI=1S/C28H36N4O5S/c1-5-8-22(30-26(34)19-10-12-20(13-11-19)28(2,3)4)27(35)31-16-14-23-25(31)24(33)17-32(23)38(36,37)18-21-9-6-7-15-29-21/h6-7,9-13,15,22-23,25H,5,8,14,16-18H2,1-4H3,(H,30,34). The summed E-state index contributed by atoms with van der Waals surface area (Å²) in [5.41, 5.74) is 1.90. The van der Waals surface area contributed by atoms with Gasteiger partial charge in [-0.2, -0.15) is 4.31 Å². The maximum absolute atomic E-state index is 13.6. The van der Waals surface area contributed by atoms with Gasteiger partial charge >= 0.3 is 0 Å². The summed E-state index contributed by atoms with van der Waals surface area (Å²) >= 11 is 0. The van der Waals surface area contributed by atoms with Gasteiger partial charge in [-0.15, -0.1) is 0 Å². The number of nitrogens with one attached hydrogen (secondary N) is 1. The Hall–Kier alpha value is -3.11. The number of ketones is 1. The molecule has 2 aliphatic heterocycles. The molecule has 2 aromatic rings. The second kappa shape index (κ2) is 10.9. The third-order valence-corrected chi connectivity index (χ3v) is 9.04. The normalized spacial score (nSPS) is 20.8. The Labute approximate surface area is 224 Å². The molecule has 2 amide bonds. The lowest BCUT2D eigenvalue weighted by Gasteiger charge is -2.28. The summed E-state index contributed by atoms with van der Waals surface area (Å²) in [4.78, 5) is 45.2. The monoisotopic (exact) mass is 540 g/mol. The van der Waals surface area contributed by atoms with Gasteiger partial charge in [-0.1, -0.05) is 52.3 Å². The number of pyridine rings is 1. The number of likely N-dealkylation sites (tertiary alicyclic amines) is 1. The van der Waals surface area contributed by atoms with Crippen LogP contribution in [-0.4, -0.2) is 71.4 Å². The van der Waals surface area contributed by atoms with Crippen molar-refractivity contribution in [1.82, 2.24) is 19.5 Å². The molecule has 0 radical (unpaired) electrons. The summed E-state index contributed by atoms with van der Waals surface area (Å²) in [5.74, 6) is -1.31. The first-order chi connectivity index (χ1) is 17.9. The van der Waals surface area contributed by atoms with Crippen LogP contribution in [0.4, 0.5) is 0 Å². The SMILES string of the molecule is CCCC(NC(=O)c1ccc(C(C)(C)C)cc1)C(=O)N1CCC2C1C(=O)CN2S(=O)(=O)Cc1ccccn1. The van der Waals surface area contributed by atoms with Gasteiger partial charge in [0.25, 0.3) is 5.91 Å². The third kappa shape index (κ3) is 5.81. The number of amides is 2. The molecule has 2 fully saturated rings. The third-order valence-electron chi connectivity index (χ3n) is 7.27. The number of fused-ring (bicyclic) bond motifs is 1. The summed E-state index contributed by atoms with van der Waals surface area (Å²) in [6.45, 7) is 8.19. The fourth-order valence-corrected chi connectivity index (χ4v) is 6.91. The van der Waals surface area contributed by atoms with E-state index in [1.54, 1.807) is 30.3 Å². The highest BCUT2D eigenvalue weighted by molar-refractivity contribution is 7.88. The van der Waals surface area contributed by atoms with Gasteiger partial charge in [0.15, 0.2) is 5.78 Å². The van der Waals surface area contributed by atoms with Crippen LogP contribution in [0, 0.1) is 0 Å². The average Bonchev–Trinajstić information content (AvgIpc) is 3.45. The highest BCUT2D eigenvalue weighted by Crippen LogP contribution is 2.33. The molecule has 2 aliphatic rings. The van der Waals surface area contributed by atoms with Gasteiger partial charge in [0.2, 0.25) is 15.9 Å². The summed E-state index contributed by atoms with van der Waals surface area (Å²) in [5, 5.41) is 2.86. The van der Waals surface area contributed by atoms with Crippen LogP contribution in [0.25, 0.3) is 0 Å². The maximum atomic E-state index is 13.6. The molecule has 0 spiro atoms. The Balaban J connectivity index is 1.47. The van der Waals surface area contributed by atoms with E-state index in [0.717, 1.165) is 5.56 Å². The van der Waals surface area contributed by atoms with Crippen LogP contribution < -0.4 is 5.32 Å². The number of rotatable bonds is 8. The molecule has 0 aliphatic carbocycles. The topological polar surface area (TPSA) is 117 Å². The van der Waals surface area contributed by atoms with Crippen molar-refractivity contribution >= 4 is 27.6 Å². The van der Waals surface area contributed by atoms with Gasteiger partial charge < -0.3 is 10.2 Å². The molecule has 1 aromatic heterocycles. The van der Waals surface area contributed by atoms with E-state index in [4.69, 9.17) is 0 Å². The lowest BCUT2D eigenvalue weighted by atomic mass is 9.86. The maximum Gasteiger partial charge on any atom is 0.251 e. The number of nitrogens with zero attached hydrogens (tertiary/aromatic N) is 3. The quantitative estimate of drug-likeness (QED) is 0.550. The lowest BCUT2D eigenvalue weighted by Crippen LogP contribution is -2.52. The predicted molar refractivity (Wildman–Crippen MR) is 144 cm³/mol. The number of aromatic nitrogens is 1. The first kappa shape index (κ1) is 27.9. The van der Waals surface area contributed by atoms with E-state index in [9.17, 15) is 22.8 Å². The van der Waals surface area contributed by atoms with Crippen LogP contribution in [0.3, 0.4) is 0 Å². The van der Waals surface area contributed by atoms with Crippen LogP contribution in [-0.2, 0) is 30.8 Å². The van der Waals surface area contributed by atoms with E-state index >= 15 is 0 Å². The molecule has 3 unspecified atom stereocenters. The van der Waals surface area contributed by atoms with Crippen LogP contribution >= 0.6 is 0 Å². The Morgan fingerprint density at radius 2 is 1.84 bits per heavy atom. The second-order valence-corrected chi connectivity index (χ2v) is 13.0. The molecule has 3 atom stereocenters. The Morgan fingerprint density at radius 3 is 2.45 bits per heavy atom. The summed E-state index contributed by atoms with van der Waals surface area (Å²) < 4.78 is 27.6. The summed E-state index contributed by atoms with van der Waals surface area (Å²) in [6, 6.07) is 10.1. The first-order valence-corrected chi connectivity index (χ1v) is 14.7. The molecular weight excluding hydrogens is 504 g/mol. The highest BCUT2D eigenvalue weighted by Gasteiger charge is 2.54. The van der Waals surface area contributed by atoms with Crippen molar-refractivity contribution in [2.45, 2.75) is 76.3 Å². The van der Waals surface area contributed by atoms with Crippen molar-refractivity contribution < 1.29 is 22.8 Å². The molecule has 38 heavy (non-hydrogen) atoms. The molecule has 1 aromatic carbocycles. The molecule has 1 N–H and O–H groups in total. The number of benzene rings is 1. The summed E-state index contributed by atoms with van der Waals surface area (Å²) in [6.07, 6.45) is 2.96. The molecule has 3 heterocycles. The van der Waals surface area contributed by atoms with Crippen molar-refractivity contribution in [3.05, 3.63) is 65.5 Å². The van der Waals surface area contributed by atoms with Crippen molar-refractivity contribution in [1.29, 1.82) is 0 Å². The largest absolute Gasteiger partial charge is 0.340 e. The zero-order valence-corrected chi connectivity index (χ0v) is 23.2. The average molecular weight is 541 g/mol.